The molecule has 1 aromatic rings. The third-order valence-corrected chi connectivity index (χ3v) is 7.50. The molecule has 0 N–H and O–H groups in total. The third-order valence-electron chi connectivity index (χ3n) is 4.89. The van der Waals surface area contributed by atoms with Crippen LogP contribution in [0, 0.1) is 0 Å². The molecule has 3 aliphatic rings. The predicted molar refractivity (Wildman–Crippen MR) is 80.1 cm³/mol. The van der Waals surface area contributed by atoms with Crippen LogP contribution in [0.1, 0.15) is 40.0 Å². The van der Waals surface area contributed by atoms with Gasteiger partial charge in [-0.2, -0.15) is 0 Å². The molecule has 3 aliphatic heterocycles. The Morgan fingerprint density at radius 2 is 1.67 bits per heavy atom. The van der Waals surface area contributed by atoms with E-state index in [4.69, 9.17) is 4.84 Å². The van der Waals surface area contributed by atoms with E-state index >= 15 is 0 Å². The second kappa shape index (κ2) is 4.87. The lowest BCUT2D eigenvalue weighted by Gasteiger charge is -2.31. The molecule has 2 atom stereocenters. The van der Waals surface area contributed by atoms with E-state index in [-0.39, 0.29) is 30.5 Å². The Morgan fingerprint density at radius 1 is 1.04 bits per heavy atom. The van der Waals surface area contributed by atoms with Gasteiger partial charge in [-0.25, -0.2) is 17.5 Å². The summed E-state index contributed by atoms with van der Waals surface area (Å²) in [5, 5.41) is 0.370. The van der Waals surface area contributed by atoms with Crippen molar-refractivity contribution in [1.29, 1.82) is 0 Å². The number of fused-ring (bicyclic) bond motifs is 3. The Bertz CT molecular complexity index is 841. The Morgan fingerprint density at radius 3 is 2.29 bits per heavy atom. The van der Waals surface area contributed by atoms with Crippen molar-refractivity contribution >= 4 is 27.8 Å². The van der Waals surface area contributed by atoms with Crippen LogP contribution in [0.15, 0.2) is 24.3 Å². The Kier molecular flexibility index (Phi) is 3.10. The smallest absolute Gasteiger partial charge is 0.328 e. The molecular formula is C15H14N2O6S. The molecular weight excluding hydrogens is 336 g/mol. The molecule has 0 saturated carbocycles. The van der Waals surface area contributed by atoms with Crippen LogP contribution >= 0.6 is 0 Å². The molecule has 2 amide bonds. The average molecular weight is 350 g/mol. The Hall–Kier alpha value is -2.26. The van der Waals surface area contributed by atoms with E-state index in [0.717, 1.165) is 0 Å². The second-order valence-corrected chi connectivity index (χ2v) is 8.33. The van der Waals surface area contributed by atoms with Gasteiger partial charge in [0.2, 0.25) is 10.0 Å². The van der Waals surface area contributed by atoms with Gasteiger partial charge < -0.3 is 4.84 Å². The van der Waals surface area contributed by atoms with Crippen LogP contribution in [0.4, 0.5) is 0 Å². The van der Waals surface area contributed by atoms with E-state index in [1.165, 1.54) is 16.4 Å². The van der Waals surface area contributed by atoms with E-state index in [1.54, 1.807) is 12.1 Å². The van der Waals surface area contributed by atoms with Crippen molar-refractivity contribution in [3.63, 3.8) is 0 Å². The molecule has 8 nitrogen and oxygen atoms in total. The highest BCUT2D eigenvalue weighted by molar-refractivity contribution is 7.91. The Balaban J connectivity index is 1.64. The van der Waals surface area contributed by atoms with E-state index in [9.17, 15) is 22.8 Å². The molecule has 9 heteroatoms. The van der Waals surface area contributed by atoms with Crippen LogP contribution in [0.25, 0.3) is 0 Å². The first-order valence-corrected chi connectivity index (χ1v) is 9.02. The summed E-state index contributed by atoms with van der Waals surface area (Å²) in [6.45, 7) is 0.629. The van der Waals surface area contributed by atoms with Gasteiger partial charge in [0.05, 0.1) is 11.1 Å². The van der Waals surface area contributed by atoms with Crippen molar-refractivity contribution in [2.24, 2.45) is 0 Å². The minimum absolute atomic E-state index is 0.108. The molecule has 2 fully saturated rings. The lowest BCUT2D eigenvalue weighted by Crippen LogP contribution is -2.52. The zero-order valence-corrected chi connectivity index (χ0v) is 13.4. The van der Waals surface area contributed by atoms with Crippen molar-refractivity contribution in [2.75, 3.05) is 13.1 Å². The maximum absolute atomic E-state index is 12.6. The number of hydrogen-bond donors (Lipinski definition) is 0. The van der Waals surface area contributed by atoms with Gasteiger partial charge in [-0.1, -0.05) is 17.2 Å². The number of carbonyl (C=O) groups is 3. The number of imide groups is 1. The molecule has 2 bridgehead atoms. The van der Waals surface area contributed by atoms with E-state index in [2.05, 4.69) is 0 Å². The van der Waals surface area contributed by atoms with Crippen molar-refractivity contribution in [3.05, 3.63) is 35.4 Å². The Labute approximate surface area is 138 Å². The zero-order chi connectivity index (χ0) is 17.1. The predicted octanol–water partition coefficient (Wildman–Crippen LogP) is 0.309. The van der Waals surface area contributed by atoms with Gasteiger partial charge in [0.1, 0.15) is 0 Å². The average Bonchev–Trinajstić information content (AvgIpc) is 2.84. The number of hydrogen-bond acceptors (Lipinski definition) is 6. The third kappa shape index (κ3) is 1.76. The number of amides is 2. The van der Waals surface area contributed by atoms with Gasteiger partial charge in [0, 0.05) is 13.1 Å². The van der Waals surface area contributed by atoms with Gasteiger partial charge in [-0.3, -0.25) is 9.59 Å². The first kappa shape index (κ1) is 15.3. The van der Waals surface area contributed by atoms with Gasteiger partial charge in [-0.05, 0) is 31.4 Å². The standard InChI is InChI=1S/C15H14N2O6S/c18-12-10-4-1-2-5-11(10)13(19)17(12)23-14(20)15-6-3-8-16(9-7-15)24(15,21)22/h1-2,4-5H,3,6-9H2. The van der Waals surface area contributed by atoms with Crippen LogP contribution in [-0.2, 0) is 19.7 Å². The highest BCUT2D eigenvalue weighted by atomic mass is 32.2. The number of rotatable bonds is 2. The van der Waals surface area contributed by atoms with Gasteiger partial charge in [0.15, 0.2) is 4.75 Å². The topological polar surface area (TPSA) is 101 Å². The monoisotopic (exact) mass is 350 g/mol. The fourth-order valence-corrected chi connectivity index (χ4v) is 5.75. The minimum atomic E-state index is -3.82. The van der Waals surface area contributed by atoms with Gasteiger partial charge >= 0.3 is 5.97 Å². The second-order valence-electron chi connectivity index (χ2n) is 6.08. The van der Waals surface area contributed by atoms with Crippen molar-refractivity contribution in [3.8, 4) is 0 Å². The lowest BCUT2D eigenvalue weighted by atomic mass is 10.00. The maximum atomic E-state index is 12.6. The first-order valence-electron chi connectivity index (χ1n) is 7.58. The molecule has 4 rings (SSSR count). The normalized spacial score (nSPS) is 30.3. The van der Waals surface area contributed by atoms with E-state index in [0.29, 0.717) is 18.0 Å². The summed E-state index contributed by atoms with van der Waals surface area (Å²) in [4.78, 5) is 42.1. The van der Waals surface area contributed by atoms with Crippen LogP contribution in [0.5, 0.6) is 0 Å². The van der Waals surface area contributed by atoms with Crippen LogP contribution in [0.2, 0.25) is 0 Å². The largest absolute Gasteiger partial charge is 0.355 e. The summed E-state index contributed by atoms with van der Waals surface area (Å²) in [5.74, 6) is -2.58. The van der Waals surface area contributed by atoms with Gasteiger partial charge in [-0.15, -0.1) is 0 Å². The molecule has 2 saturated heterocycles. The van der Waals surface area contributed by atoms with Gasteiger partial charge in [0.25, 0.3) is 11.8 Å². The number of carbonyl (C=O) groups excluding carboxylic acids is 3. The molecule has 2 unspecified atom stereocenters. The fourth-order valence-electron chi connectivity index (χ4n) is 3.55. The minimum Gasteiger partial charge on any atom is -0.328 e. The molecule has 3 heterocycles. The molecule has 0 spiro atoms. The SMILES string of the molecule is O=C1c2ccccc2C(=O)N1OC(=O)C12CCCN(CC1)S2(=O)=O. The zero-order valence-electron chi connectivity index (χ0n) is 12.6. The maximum Gasteiger partial charge on any atom is 0.355 e. The quantitative estimate of drug-likeness (QED) is 0.712. The lowest BCUT2D eigenvalue weighted by molar-refractivity contribution is -0.172. The fraction of sp³-hybridized carbons (Fsp3) is 0.400. The summed E-state index contributed by atoms with van der Waals surface area (Å²) in [6, 6.07) is 6.09. The van der Waals surface area contributed by atoms with Crippen LogP contribution in [-0.4, -0.2) is 53.4 Å². The molecule has 0 radical (unpaired) electrons. The van der Waals surface area contributed by atoms with Crippen molar-refractivity contribution < 1.29 is 27.6 Å². The summed E-state index contributed by atoms with van der Waals surface area (Å²) in [7, 11) is -3.82. The summed E-state index contributed by atoms with van der Waals surface area (Å²) in [5.41, 5.74) is 0.264. The van der Waals surface area contributed by atoms with Crippen LogP contribution < -0.4 is 0 Å². The van der Waals surface area contributed by atoms with E-state index < -0.39 is 32.6 Å². The molecule has 0 aliphatic carbocycles. The van der Waals surface area contributed by atoms with Crippen molar-refractivity contribution in [2.45, 2.75) is 24.0 Å². The van der Waals surface area contributed by atoms with Crippen LogP contribution in [0.3, 0.4) is 0 Å². The number of nitrogens with zero attached hydrogens (tertiary/aromatic N) is 2. The number of hydroxylamine groups is 2. The molecule has 0 aromatic heterocycles. The molecule has 1 aromatic carbocycles. The highest BCUT2D eigenvalue weighted by Crippen LogP contribution is 2.42. The number of benzene rings is 1. The molecule has 126 valence electrons. The van der Waals surface area contributed by atoms with E-state index in [1.807, 2.05) is 0 Å². The number of sulfonamides is 1. The molecule has 24 heavy (non-hydrogen) atoms. The first-order chi connectivity index (χ1) is 11.4. The highest BCUT2D eigenvalue weighted by Gasteiger charge is 2.62. The van der Waals surface area contributed by atoms with Crippen molar-refractivity contribution in [1.82, 2.24) is 9.37 Å². The summed E-state index contributed by atoms with van der Waals surface area (Å²) >= 11 is 0. The summed E-state index contributed by atoms with van der Waals surface area (Å²) < 4.78 is 24.6. The summed E-state index contributed by atoms with van der Waals surface area (Å²) in [6.07, 6.45) is 0.779.